The summed E-state index contributed by atoms with van der Waals surface area (Å²) in [5.41, 5.74) is 1.07. The third-order valence-electron chi connectivity index (χ3n) is 3.57. The maximum atomic E-state index is 12.9. The van der Waals surface area contributed by atoms with E-state index < -0.39 is 0 Å². The maximum Gasteiger partial charge on any atom is 0.193 e. The molecule has 0 radical (unpaired) electrons. The highest BCUT2D eigenvalue weighted by Gasteiger charge is 2.13. The molecule has 20 heavy (non-hydrogen) atoms. The van der Waals surface area contributed by atoms with Crippen LogP contribution in [-0.4, -0.2) is 56.0 Å². The minimum atomic E-state index is -0.201. The van der Waals surface area contributed by atoms with Crippen molar-refractivity contribution in [2.24, 2.45) is 4.99 Å². The fourth-order valence-corrected chi connectivity index (χ4v) is 2.25. The normalized spacial score (nSPS) is 15.8. The highest BCUT2D eigenvalue weighted by molar-refractivity contribution is 5.79. The molecule has 1 fully saturated rings. The lowest BCUT2D eigenvalue weighted by molar-refractivity contribution is 0.184. The van der Waals surface area contributed by atoms with Crippen molar-refractivity contribution in [3.63, 3.8) is 0 Å². The zero-order valence-electron chi connectivity index (χ0n) is 12.3. The van der Waals surface area contributed by atoms with E-state index in [0.29, 0.717) is 6.54 Å². The van der Waals surface area contributed by atoms with E-state index in [9.17, 15) is 4.39 Å². The van der Waals surface area contributed by atoms with Gasteiger partial charge in [0.25, 0.3) is 0 Å². The molecule has 4 nitrogen and oxygen atoms in total. The molecule has 1 aromatic carbocycles. The number of rotatable bonds is 5. The number of halogens is 1. The standard InChI is InChI=1S/C15H23FN4/c1-17-15(18-8-11-20-9-3-10-20)19(2)12-13-4-6-14(16)7-5-13/h4-7H,3,8-12H2,1-2H3,(H,17,18). The van der Waals surface area contributed by atoms with Gasteiger partial charge in [-0.1, -0.05) is 12.1 Å². The fraction of sp³-hybridized carbons (Fsp3) is 0.533. The van der Waals surface area contributed by atoms with Gasteiger partial charge in [-0.05, 0) is 37.2 Å². The van der Waals surface area contributed by atoms with Crippen LogP contribution >= 0.6 is 0 Å². The fourth-order valence-electron chi connectivity index (χ4n) is 2.25. The number of benzene rings is 1. The lowest BCUT2D eigenvalue weighted by atomic mass is 10.2. The number of guanidine groups is 1. The Morgan fingerprint density at radius 2 is 2.05 bits per heavy atom. The van der Waals surface area contributed by atoms with Gasteiger partial charge in [0.2, 0.25) is 0 Å². The van der Waals surface area contributed by atoms with Gasteiger partial charge in [-0.2, -0.15) is 0 Å². The minimum absolute atomic E-state index is 0.201. The van der Waals surface area contributed by atoms with Gasteiger partial charge in [-0.25, -0.2) is 4.39 Å². The second kappa shape index (κ2) is 7.24. The van der Waals surface area contributed by atoms with Gasteiger partial charge in [0, 0.05) is 33.7 Å². The van der Waals surface area contributed by atoms with Crippen molar-refractivity contribution in [3.05, 3.63) is 35.6 Å². The number of nitrogens with one attached hydrogen (secondary N) is 1. The summed E-state index contributed by atoms with van der Waals surface area (Å²) >= 11 is 0. The molecule has 2 rings (SSSR count). The van der Waals surface area contributed by atoms with Crippen LogP contribution in [0.2, 0.25) is 0 Å². The van der Waals surface area contributed by atoms with E-state index in [1.54, 1.807) is 19.2 Å². The van der Waals surface area contributed by atoms with Crippen LogP contribution in [0.3, 0.4) is 0 Å². The third kappa shape index (κ3) is 4.20. The molecule has 0 saturated carbocycles. The first-order valence-electron chi connectivity index (χ1n) is 7.07. The Bertz CT molecular complexity index is 440. The number of likely N-dealkylation sites (tertiary alicyclic amines) is 1. The molecule has 5 heteroatoms. The highest BCUT2D eigenvalue weighted by atomic mass is 19.1. The number of hydrogen-bond donors (Lipinski definition) is 1. The molecular formula is C15H23FN4. The summed E-state index contributed by atoms with van der Waals surface area (Å²) in [6.07, 6.45) is 1.32. The lowest BCUT2D eigenvalue weighted by Crippen LogP contribution is -2.45. The molecule has 0 atom stereocenters. The van der Waals surface area contributed by atoms with Gasteiger partial charge in [0.15, 0.2) is 5.96 Å². The van der Waals surface area contributed by atoms with Crippen molar-refractivity contribution in [2.75, 3.05) is 40.3 Å². The molecule has 1 aromatic rings. The molecule has 1 heterocycles. The summed E-state index contributed by atoms with van der Waals surface area (Å²) in [6.45, 7) is 5.10. The van der Waals surface area contributed by atoms with Gasteiger partial charge in [-0.3, -0.25) is 4.99 Å². The van der Waals surface area contributed by atoms with Crippen LogP contribution in [0, 0.1) is 5.82 Å². The van der Waals surface area contributed by atoms with E-state index in [0.717, 1.165) is 24.6 Å². The topological polar surface area (TPSA) is 30.9 Å². The van der Waals surface area contributed by atoms with Gasteiger partial charge in [0.1, 0.15) is 5.82 Å². The van der Waals surface area contributed by atoms with Crippen LogP contribution in [0.15, 0.2) is 29.3 Å². The second-order valence-electron chi connectivity index (χ2n) is 5.15. The van der Waals surface area contributed by atoms with E-state index in [2.05, 4.69) is 15.2 Å². The lowest BCUT2D eigenvalue weighted by Gasteiger charge is -2.31. The van der Waals surface area contributed by atoms with Crippen molar-refractivity contribution < 1.29 is 4.39 Å². The van der Waals surface area contributed by atoms with Crippen molar-refractivity contribution in [1.29, 1.82) is 0 Å². The zero-order chi connectivity index (χ0) is 14.4. The van der Waals surface area contributed by atoms with Gasteiger partial charge in [0.05, 0.1) is 0 Å². The van der Waals surface area contributed by atoms with Crippen LogP contribution in [0.25, 0.3) is 0 Å². The molecule has 0 aromatic heterocycles. The van der Waals surface area contributed by atoms with E-state index >= 15 is 0 Å². The van der Waals surface area contributed by atoms with Crippen LogP contribution in [0.4, 0.5) is 4.39 Å². The van der Waals surface area contributed by atoms with Crippen LogP contribution in [-0.2, 0) is 6.54 Å². The summed E-state index contributed by atoms with van der Waals surface area (Å²) in [6, 6.07) is 6.59. The number of hydrogen-bond acceptors (Lipinski definition) is 2. The average molecular weight is 278 g/mol. The van der Waals surface area contributed by atoms with Crippen molar-refractivity contribution in [1.82, 2.24) is 15.1 Å². The Kier molecular flexibility index (Phi) is 5.35. The SMILES string of the molecule is CN=C(NCCN1CCC1)N(C)Cc1ccc(F)cc1. The van der Waals surface area contributed by atoms with Crippen LogP contribution in [0.5, 0.6) is 0 Å². The third-order valence-corrected chi connectivity index (χ3v) is 3.57. The van der Waals surface area contributed by atoms with Crippen LogP contribution < -0.4 is 5.32 Å². The maximum absolute atomic E-state index is 12.9. The predicted octanol–water partition coefficient (Wildman–Crippen LogP) is 1.54. The second-order valence-corrected chi connectivity index (χ2v) is 5.15. The monoisotopic (exact) mass is 278 g/mol. The molecule has 0 bridgehead atoms. The Labute approximate surface area is 120 Å². The first-order valence-corrected chi connectivity index (χ1v) is 7.07. The number of nitrogens with zero attached hydrogens (tertiary/aromatic N) is 3. The average Bonchev–Trinajstić information content (AvgIpc) is 2.39. The summed E-state index contributed by atoms with van der Waals surface area (Å²) < 4.78 is 12.9. The van der Waals surface area contributed by atoms with E-state index in [1.165, 1.54) is 31.6 Å². The quantitative estimate of drug-likeness (QED) is 0.655. The molecule has 1 aliphatic rings. The summed E-state index contributed by atoms with van der Waals surface area (Å²) in [7, 11) is 3.77. The van der Waals surface area contributed by atoms with Crippen molar-refractivity contribution in [3.8, 4) is 0 Å². The van der Waals surface area contributed by atoms with E-state index in [1.807, 2.05) is 11.9 Å². The molecule has 110 valence electrons. The summed E-state index contributed by atoms with van der Waals surface area (Å²) in [4.78, 5) is 8.74. The van der Waals surface area contributed by atoms with Crippen LogP contribution in [0.1, 0.15) is 12.0 Å². The zero-order valence-corrected chi connectivity index (χ0v) is 12.3. The Balaban J connectivity index is 1.78. The van der Waals surface area contributed by atoms with Crippen molar-refractivity contribution >= 4 is 5.96 Å². The molecule has 0 amide bonds. The molecule has 1 aliphatic heterocycles. The van der Waals surface area contributed by atoms with Gasteiger partial charge < -0.3 is 15.1 Å². The molecule has 1 saturated heterocycles. The Hall–Kier alpha value is -1.62. The van der Waals surface area contributed by atoms with Gasteiger partial charge in [-0.15, -0.1) is 0 Å². The molecule has 1 N–H and O–H groups in total. The smallest absolute Gasteiger partial charge is 0.193 e. The summed E-state index contributed by atoms with van der Waals surface area (Å²) in [5, 5.41) is 3.36. The molecule has 0 unspecified atom stereocenters. The van der Waals surface area contributed by atoms with Crippen molar-refractivity contribution in [2.45, 2.75) is 13.0 Å². The Morgan fingerprint density at radius 1 is 1.35 bits per heavy atom. The van der Waals surface area contributed by atoms with E-state index in [4.69, 9.17) is 0 Å². The largest absolute Gasteiger partial charge is 0.355 e. The van der Waals surface area contributed by atoms with E-state index in [-0.39, 0.29) is 5.82 Å². The number of aliphatic imine (C=N–C) groups is 1. The Morgan fingerprint density at radius 3 is 2.60 bits per heavy atom. The molecule has 0 aliphatic carbocycles. The highest BCUT2D eigenvalue weighted by Crippen LogP contribution is 2.06. The molecular weight excluding hydrogens is 255 g/mol. The first-order chi connectivity index (χ1) is 9.69. The first kappa shape index (κ1) is 14.8. The summed E-state index contributed by atoms with van der Waals surface area (Å²) in [5.74, 6) is 0.670. The predicted molar refractivity (Wildman–Crippen MR) is 80.3 cm³/mol. The van der Waals surface area contributed by atoms with Gasteiger partial charge >= 0.3 is 0 Å². The minimum Gasteiger partial charge on any atom is -0.355 e. The molecule has 0 spiro atoms.